The summed E-state index contributed by atoms with van der Waals surface area (Å²) in [4.78, 5) is 50.3. The van der Waals surface area contributed by atoms with Crippen molar-refractivity contribution in [3.8, 4) is 0 Å². The molecule has 9 nitrogen and oxygen atoms in total. The second-order valence-corrected chi connectivity index (χ2v) is 9.28. The number of hydrogen-bond acceptors (Lipinski definition) is 5. The molecule has 2 fully saturated rings. The maximum atomic E-state index is 13.5. The van der Waals surface area contributed by atoms with Crippen LogP contribution in [0.25, 0.3) is 0 Å². The molecule has 0 bridgehead atoms. The van der Waals surface area contributed by atoms with Crippen LogP contribution in [0.5, 0.6) is 0 Å². The molecule has 0 unspecified atom stereocenters. The van der Waals surface area contributed by atoms with Gasteiger partial charge in [0.05, 0.1) is 13.1 Å². The number of nitrogens with zero attached hydrogens (tertiary/aromatic N) is 1. The number of unbranched alkanes of at least 4 members (excludes halogenated alkanes) is 5. The Bertz CT molecular complexity index is 955. The Morgan fingerprint density at radius 3 is 2.06 bits per heavy atom. The lowest BCUT2D eigenvalue weighted by Crippen LogP contribution is -2.83. The lowest BCUT2D eigenvalue weighted by molar-refractivity contribution is -0.167. The van der Waals surface area contributed by atoms with Gasteiger partial charge in [-0.1, -0.05) is 39.0 Å². The average Bonchev–Trinajstić information content (AvgIpc) is 2.83. The summed E-state index contributed by atoms with van der Waals surface area (Å²) < 4.78 is 37.9. The summed E-state index contributed by atoms with van der Waals surface area (Å²) in [5.41, 5.74) is -1.16. The van der Waals surface area contributed by atoms with E-state index >= 15 is 0 Å². The minimum atomic E-state index is -5.03. The molecule has 0 aliphatic carbocycles. The van der Waals surface area contributed by atoms with E-state index in [1.54, 1.807) is 0 Å². The molecule has 2 heterocycles. The van der Waals surface area contributed by atoms with Crippen LogP contribution in [0.4, 0.5) is 29.3 Å². The summed E-state index contributed by atoms with van der Waals surface area (Å²) in [7, 11) is 0. The van der Waals surface area contributed by atoms with Gasteiger partial charge in [-0.3, -0.25) is 29.5 Å². The highest BCUT2D eigenvalue weighted by Gasteiger charge is 2.65. The van der Waals surface area contributed by atoms with Gasteiger partial charge in [0, 0.05) is 37.3 Å². The van der Waals surface area contributed by atoms with Gasteiger partial charge in [-0.15, -0.1) is 0 Å². The van der Waals surface area contributed by atoms with Gasteiger partial charge in [-0.05, 0) is 18.6 Å². The normalized spacial score (nSPS) is 19.4. The van der Waals surface area contributed by atoms with Crippen molar-refractivity contribution >= 4 is 35.1 Å². The molecule has 0 spiro atoms. The SMILES string of the molecule is CCCCCCCCC1([N+]2(c3ccc(NC(=O)C(F)(F)F)cc3)CCNCC2)C(=O)NC(=O)NC1=O. The zero-order valence-electron chi connectivity index (χ0n) is 20.3. The zero-order valence-corrected chi connectivity index (χ0v) is 20.3. The largest absolute Gasteiger partial charge is 0.471 e. The van der Waals surface area contributed by atoms with Gasteiger partial charge in [0.2, 0.25) is 0 Å². The van der Waals surface area contributed by atoms with Crippen LogP contribution in [-0.2, 0) is 14.4 Å². The van der Waals surface area contributed by atoms with E-state index in [1.165, 1.54) is 24.3 Å². The number of anilines is 1. The third kappa shape index (κ3) is 5.54. The molecule has 2 aliphatic rings. The van der Waals surface area contributed by atoms with Crippen molar-refractivity contribution in [1.29, 1.82) is 0 Å². The molecule has 12 heteroatoms. The third-order valence-electron chi connectivity index (χ3n) is 7.05. The first kappa shape index (κ1) is 27.6. The Hall–Kier alpha value is -2.99. The quantitative estimate of drug-likeness (QED) is 0.219. The number of nitrogens with one attached hydrogen (secondary N) is 4. The first-order valence-electron chi connectivity index (χ1n) is 12.3. The minimum absolute atomic E-state index is 0.0629. The highest BCUT2D eigenvalue weighted by molar-refractivity contribution is 6.23. The van der Waals surface area contributed by atoms with Crippen molar-refractivity contribution in [2.24, 2.45) is 0 Å². The number of benzene rings is 1. The number of rotatable bonds is 10. The number of imide groups is 2. The maximum absolute atomic E-state index is 13.5. The smallest absolute Gasteiger partial charge is 0.318 e. The molecule has 0 aromatic heterocycles. The fraction of sp³-hybridized carbons (Fsp3) is 0.583. The van der Waals surface area contributed by atoms with Crippen molar-refractivity contribution < 1.29 is 32.3 Å². The van der Waals surface area contributed by atoms with Crippen LogP contribution in [0.3, 0.4) is 0 Å². The fourth-order valence-corrected chi connectivity index (χ4v) is 5.21. The standard InChI is InChI=1S/C24H32F3N5O4/c1-2-3-4-5-6-7-12-23(19(33)30-22(36)31-20(23)34)32(15-13-28-14-16-32)18-10-8-17(9-11-18)29-21(35)24(25,26)27/h8-11,28H,2-7,12-16H2,1H3,(H2-,29,30,31,33,34,35,36)/p+1. The number of quaternary nitrogens is 1. The molecule has 0 radical (unpaired) electrons. The highest BCUT2D eigenvalue weighted by Crippen LogP contribution is 2.40. The number of piperazine rings is 1. The zero-order chi connectivity index (χ0) is 26.4. The van der Waals surface area contributed by atoms with Gasteiger partial charge >= 0.3 is 18.1 Å². The lowest BCUT2D eigenvalue weighted by Gasteiger charge is -2.53. The number of barbiturate groups is 1. The maximum Gasteiger partial charge on any atom is 0.471 e. The van der Waals surface area contributed by atoms with Crippen LogP contribution in [0, 0.1) is 0 Å². The Morgan fingerprint density at radius 1 is 0.944 bits per heavy atom. The molecule has 5 amide bonds. The lowest BCUT2D eigenvalue weighted by atomic mass is 9.82. The number of urea groups is 1. The number of halogens is 3. The van der Waals surface area contributed by atoms with E-state index in [-0.39, 0.29) is 16.6 Å². The molecule has 3 rings (SSSR count). The Morgan fingerprint density at radius 2 is 1.50 bits per heavy atom. The summed E-state index contributed by atoms with van der Waals surface area (Å²) in [6.07, 6.45) is 0.778. The van der Waals surface area contributed by atoms with Gasteiger partial charge in [0.15, 0.2) is 0 Å². The van der Waals surface area contributed by atoms with Crippen LogP contribution in [0.1, 0.15) is 51.9 Å². The number of carbonyl (C=O) groups excluding carboxylic acids is 4. The monoisotopic (exact) mass is 512 g/mol. The second-order valence-electron chi connectivity index (χ2n) is 9.28. The van der Waals surface area contributed by atoms with Crippen LogP contribution >= 0.6 is 0 Å². The summed E-state index contributed by atoms with van der Waals surface area (Å²) in [6.45, 7) is 3.78. The van der Waals surface area contributed by atoms with Gasteiger partial charge < -0.3 is 10.6 Å². The van der Waals surface area contributed by atoms with Crippen LogP contribution in [-0.4, -0.2) is 61.6 Å². The van der Waals surface area contributed by atoms with Crippen molar-refractivity contribution in [3.63, 3.8) is 0 Å². The first-order chi connectivity index (χ1) is 17.1. The molecule has 4 N–H and O–H groups in total. The van der Waals surface area contributed by atoms with E-state index in [0.29, 0.717) is 38.3 Å². The second kappa shape index (κ2) is 11.4. The van der Waals surface area contributed by atoms with Gasteiger partial charge in [0.1, 0.15) is 5.69 Å². The predicted molar refractivity (Wildman–Crippen MR) is 128 cm³/mol. The van der Waals surface area contributed by atoms with Crippen molar-refractivity contribution in [2.45, 2.75) is 63.6 Å². The molecule has 0 atom stereocenters. The third-order valence-corrected chi connectivity index (χ3v) is 7.05. The minimum Gasteiger partial charge on any atom is -0.318 e. The van der Waals surface area contributed by atoms with Crippen molar-refractivity contribution in [1.82, 2.24) is 20.4 Å². The van der Waals surface area contributed by atoms with Gasteiger partial charge in [-0.25, -0.2) is 4.79 Å². The molecule has 198 valence electrons. The van der Waals surface area contributed by atoms with E-state index < -0.39 is 35.5 Å². The summed E-state index contributed by atoms with van der Waals surface area (Å²) in [5.74, 6) is -3.45. The summed E-state index contributed by atoms with van der Waals surface area (Å²) >= 11 is 0. The highest BCUT2D eigenvalue weighted by atomic mass is 19.4. The molecule has 1 aromatic rings. The van der Waals surface area contributed by atoms with Crippen molar-refractivity contribution in [3.05, 3.63) is 24.3 Å². The van der Waals surface area contributed by atoms with Gasteiger partial charge in [0.25, 0.3) is 17.4 Å². The number of alkyl halides is 3. The molecule has 36 heavy (non-hydrogen) atoms. The van der Waals surface area contributed by atoms with E-state index in [1.807, 2.05) is 5.32 Å². The average molecular weight is 513 g/mol. The molecule has 1 aromatic carbocycles. The van der Waals surface area contributed by atoms with Gasteiger partial charge in [-0.2, -0.15) is 13.2 Å². The first-order valence-corrected chi connectivity index (χ1v) is 12.3. The van der Waals surface area contributed by atoms with Crippen molar-refractivity contribution in [2.75, 3.05) is 31.5 Å². The van der Waals surface area contributed by atoms with E-state index in [0.717, 1.165) is 32.1 Å². The molecular formula is C24H33F3N5O4+. The van der Waals surface area contributed by atoms with E-state index in [9.17, 15) is 32.3 Å². The molecule has 2 saturated heterocycles. The predicted octanol–water partition coefficient (Wildman–Crippen LogP) is 2.95. The topological polar surface area (TPSA) is 116 Å². The Labute approximate surface area is 207 Å². The Kier molecular flexibility index (Phi) is 8.72. The van der Waals surface area contributed by atoms with E-state index in [2.05, 4.69) is 22.9 Å². The Balaban J connectivity index is 1.98. The number of hydrogen-bond donors (Lipinski definition) is 4. The fourth-order valence-electron chi connectivity index (χ4n) is 5.21. The van der Waals surface area contributed by atoms with E-state index in [4.69, 9.17) is 0 Å². The molecule has 0 saturated carbocycles. The summed E-state index contributed by atoms with van der Waals surface area (Å²) in [6, 6.07) is 4.82. The molecule has 2 aliphatic heterocycles. The van der Waals surface area contributed by atoms with Crippen LogP contribution in [0.2, 0.25) is 0 Å². The van der Waals surface area contributed by atoms with Crippen LogP contribution in [0.15, 0.2) is 24.3 Å². The van der Waals surface area contributed by atoms with Crippen LogP contribution < -0.4 is 25.8 Å². The summed E-state index contributed by atoms with van der Waals surface area (Å²) in [5, 5.41) is 9.59. The number of carbonyl (C=O) groups is 4. The molecular weight excluding hydrogens is 479 g/mol. The number of amides is 5.